The molecule has 3 aromatic carbocycles. The lowest BCUT2D eigenvalue weighted by atomic mass is 9.98. The maximum Gasteiger partial charge on any atom is 0.407 e. The van der Waals surface area contributed by atoms with Crippen LogP contribution in [0.3, 0.4) is 0 Å². The molecule has 4 nitrogen and oxygen atoms in total. The van der Waals surface area contributed by atoms with Crippen LogP contribution in [0.15, 0.2) is 66.7 Å². The summed E-state index contributed by atoms with van der Waals surface area (Å²) in [6.45, 7) is 2.24. The zero-order chi connectivity index (χ0) is 21.1. The predicted octanol–water partition coefficient (Wildman–Crippen LogP) is 5.27. The molecular formula is C25H23FN2O2. The molecule has 0 aliphatic heterocycles. The zero-order valence-electron chi connectivity index (χ0n) is 16.7. The van der Waals surface area contributed by atoms with Gasteiger partial charge in [0.25, 0.3) is 0 Å². The average Bonchev–Trinajstić information content (AvgIpc) is 3.07. The van der Waals surface area contributed by atoms with Crippen LogP contribution in [0.1, 0.15) is 28.2 Å². The van der Waals surface area contributed by atoms with Crippen molar-refractivity contribution in [2.45, 2.75) is 12.8 Å². The van der Waals surface area contributed by atoms with E-state index in [-0.39, 0.29) is 24.9 Å². The first-order valence-electron chi connectivity index (χ1n) is 9.85. The van der Waals surface area contributed by atoms with Crippen molar-refractivity contribution in [1.29, 1.82) is 0 Å². The summed E-state index contributed by atoms with van der Waals surface area (Å²) < 4.78 is 19.4. The van der Waals surface area contributed by atoms with Crippen molar-refractivity contribution < 1.29 is 13.9 Å². The van der Waals surface area contributed by atoms with Gasteiger partial charge in [0.2, 0.25) is 0 Å². The van der Waals surface area contributed by atoms with Gasteiger partial charge in [-0.2, -0.15) is 0 Å². The van der Waals surface area contributed by atoms with Gasteiger partial charge in [-0.3, -0.25) is 0 Å². The molecule has 0 saturated carbocycles. The van der Waals surface area contributed by atoms with Crippen LogP contribution < -0.4 is 11.1 Å². The van der Waals surface area contributed by atoms with Gasteiger partial charge < -0.3 is 15.8 Å². The zero-order valence-corrected chi connectivity index (χ0v) is 16.7. The molecule has 0 fully saturated rings. The van der Waals surface area contributed by atoms with E-state index in [4.69, 9.17) is 10.5 Å². The van der Waals surface area contributed by atoms with Crippen molar-refractivity contribution in [1.82, 2.24) is 5.32 Å². The number of halogens is 1. The number of fused-ring (bicyclic) bond motifs is 3. The van der Waals surface area contributed by atoms with Crippen LogP contribution in [0.25, 0.3) is 17.2 Å². The van der Waals surface area contributed by atoms with Crippen molar-refractivity contribution in [3.8, 4) is 11.1 Å². The Bertz CT molecular complexity index is 1080. The largest absolute Gasteiger partial charge is 0.449 e. The van der Waals surface area contributed by atoms with Crippen LogP contribution in [0.4, 0.5) is 14.9 Å². The van der Waals surface area contributed by atoms with Gasteiger partial charge in [-0.25, -0.2) is 9.18 Å². The summed E-state index contributed by atoms with van der Waals surface area (Å²) in [5.74, 6) is -0.331. The van der Waals surface area contributed by atoms with Gasteiger partial charge in [0.05, 0.1) is 0 Å². The van der Waals surface area contributed by atoms with Gasteiger partial charge in [-0.1, -0.05) is 60.7 Å². The fourth-order valence-electron chi connectivity index (χ4n) is 3.81. The number of ether oxygens (including phenoxy) is 1. The van der Waals surface area contributed by atoms with Crippen LogP contribution >= 0.6 is 0 Å². The second-order valence-electron chi connectivity index (χ2n) is 7.34. The Morgan fingerprint density at radius 1 is 1.10 bits per heavy atom. The monoisotopic (exact) mass is 402 g/mol. The van der Waals surface area contributed by atoms with E-state index >= 15 is 0 Å². The van der Waals surface area contributed by atoms with E-state index in [1.165, 1.54) is 28.3 Å². The number of hydrogen-bond donors (Lipinski definition) is 2. The first-order valence-corrected chi connectivity index (χ1v) is 9.85. The molecule has 0 aromatic heterocycles. The SMILES string of the molecule is Cc1cc(F)c(C=CCNC(=O)OCC2c3ccccc3-c3ccccc32)cc1N. The van der Waals surface area contributed by atoms with Crippen molar-refractivity contribution in [2.24, 2.45) is 0 Å². The number of amides is 1. The number of aryl methyl sites for hydroxylation is 1. The number of benzene rings is 3. The Morgan fingerprint density at radius 2 is 1.73 bits per heavy atom. The van der Waals surface area contributed by atoms with Gasteiger partial charge in [-0.15, -0.1) is 0 Å². The average molecular weight is 402 g/mol. The number of carbonyl (C=O) groups is 1. The summed E-state index contributed by atoms with van der Waals surface area (Å²) in [6.07, 6.45) is 2.74. The van der Waals surface area contributed by atoms with Crippen molar-refractivity contribution in [2.75, 3.05) is 18.9 Å². The van der Waals surface area contributed by atoms with Gasteiger partial charge >= 0.3 is 6.09 Å². The van der Waals surface area contributed by atoms with E-state index in [1.807, 2.05) is 24.3 Å². The summed E-state index contributed by atoms with van der Waals surface area (Å²) in [4.78, 5) is 12.1. The summed E-state index contributed by atoms with van der Waals surface area (Å²) in [6, 6.07) is 19.3. The van der Waals surface area contributed by atoms with E-state index < -0.39 is 6.09 Å². The Labute approximate surface area is 175 Å². The quantitative estimate of drug-likeness (QED) is 0.572. The maximum atomic E-state index is 13.9. The van der Waals surface area contributed by atoms with Gasteiger partial charge in [0, 0.05) is 23.7 Å². The van der Waals surface area contributed by atoms with Crippen LogP contribution in [0.5, 0.6) is 0 Å². The highest BCUT2D eigenvalue weighted by molar-refractivity contribution is 5.79. The van der Waals surface area contributed by atoms with Crippen molar-refractivity contribution >= 4 is 17.9 Å². The number of anilines is 1. The predicted molar refractivity (Wildman–Crippen MR) is 118 cm³/mol. The van der Waals surface area contributed by atoms with Crippen LogP contribution in [-0.4, -0.2) is 19.2 Å². The number of nitrogens with two attached hydrogens (primary N) is 1. The summed E-state index contributed by atoms with van der Waals surface area (Å²) in [5.41, 5.74) is 12.1. The first-order chi connectivity index (χ1) is 14.5. The highest BCUT2D eigenvalue weighted by Gasteiger charge is 2.28. The van der Waals surface area contributed by atoms with E-state index in [0.717, 1.165) is 0 Å². The first kappa shape index (κ1) is 19.7. The van der Waals surface area contributed by atoms with Crippen LogP contribution in [0, 0.1) is 12.7 Å². The van der Waals surface area contributed by atoms with E-state index in [1.54, 1.807) is 25.1 Å². The Hall–Kier alpha value is -3.60. The fraction of sp³-hybridized carbons (Fsp3) is 0.160. The molecule has 3 N–H and O–H groups in total. The molecule has 4 rings (SSSR count). The minimum atomic E-state index is -0.509. The summed E-state index contributed by atoms with van der Waals surface area (Å²) in [7, 11) is 0. The minimum absolute atomic E-state index is 0.0170. The molecule has 0 spiro atoms. The molecule has 0 saturated heterocycles. The van der Waals surface area contributed by atoms with Crippen LogP contribution in [-0.2, 0) is 4.74 Å². The molecule has 1 amide bonds. The number of carbonyl (C=O) groups excluding carboxylic acids is 1. The smallest absolute Gasteiger partial charge is 0.407 e. The van der Waals surface area contributed by atoms with Gasteiger partial charge in [-0.05, 0) is 46.9 Å². The Kier molecular flexibility index (Phi) is 5.53. The molecule has 5 heteroatoms. The molecule has 0 atom stereocenters. The van der Waals surface area contributed by atoms with Crippen molar-refractivity contribution in [3.63, 3.8) is 0 Å². The minimum Gasteiger partial charge on any atom is -0.449 e. The molecule has 1 aliphatic rings. The third kappa shape index (κ3) is 3.92. The number of nitrogens with one attached hydrogen (secondary N) is 1. The van der Waals surface area contributed by atoms with Gasteiger partial charge in [0.1, 0.15) is 12.4 Å². The standard InChI is InChI=1S/C25H23FN2O2/c1-16-13-23(26)17(14-24(16)27)7-6-12-28-25(29)30-15-22-20-10-4-2-8-18(20)19-9-3-5-11-21(19)22/h2-11,13-14,22H,12,15,27H2,1H3,(H,28,29). The molecular weight excluding hydrogens is 379 g/mol. The molecule has 0 bridgehead atoms. The maximum absolute atomic E-state index is 13.9. The number of alkyl carbamates (subject to hydrolysis) is 1. The van der Waals surface area contributed by atoms with E-state index in [0.29, 0.717) is 16.8 Å². The molecule has 0 radical (unpaired) electrons. The summed E-state index contributed by atoms with van der Waals surface area (Å²) in [5, 5.41) is 2.67. The third-order valence-corrected chi connectivity index (χ3v) is 5.39. The highest BCUT2D eigenvalue weighted by atomic mass is 19.1. The van der Waals surface area contributed by atoms with Gasteiger partial charge in [0.15, 0.2) is 0 Å². The Morgan fingerprint density at radius 3 is 2.40 bits per heavy atom. The lowest BCUT2D eigenvalue weighted by Gasteiger charge is -2.14. The second-order valence-corrected chi connectivity index (χ2v) is 7.34. The summed E-state index contributed by atoms with van der Waals surface area (Å²) >= 11 is 0. The number of nitrogen functional groups attached to an aromatic ring is 1. The molecule has 30 heavy (non-hydrogen) atoms. The molecule has 3 aromatic rings. The molecule has 1 aliphatic carbocycles. The molecule has 152 valence electrons. The number of rotatable bonds is 5. The second kappa shape index (κ2) is 8.41. The lowest BCUT2D eigenvalue weighted by molar-refractivity contribution is 0.144. The lowest BCUT2D eigenvalue weighted by Crippen LogP contribution is -2.26. The molecule has 0 unspecified atom stereocenters. The highest BCUT2D eigenvalue weighted by Crippen LogP contribution is 2.44. The third-order valence-electron chi connectivity index (χ3n) is 5.39. The van der Waals surface area contributed by atoms with E-state index in [9.17, 15) is 9.18 Å². The Balaban J connectivity index is 1.34. The number of hydrogen-bond acceptors (Lipinski definition) is 3. The van der Waals surface area contributed by atoms with Crippen molar-refractivity contribution in [3.05, 3.63) is 94.8 Å². The topological polar surface area (TPSA) is 64.3 Å². The fourth-order valence-corrected chi connectivity index (χ4v) is 3.81. The normalized spacial score (nSPS) is 12.6. The van der Waals surface area contributed by atoms with Crippen LogP contribution in [0.2, 0.25) is 0 Å². The van der Waals surface area contributed by atoms with E-state index in [2.05, 4.69) is 29.6 Å². The molecule has 0 heterocycles.